The van der Waals surface area contributed by atoms with Crippen LogP contribution in [0.1, 0.15) is 46.4 Å². The highest BCUT2D eigenvalue weighted by molar-refractivity contribution is 5.94. The smallest absolute Gasteiger partial charge is 0.273 e. The molecule has 1 aliphatic carbocycles. The first-order chi connectivity index (χ1) is 11.2. The third kappa shape index (κ3) is 3.59. The molecular formula is C17H19N3O3. The van der Waals surface area contributed by atoms with Crippen molar-refractivity contribution in [2.45, 2.75) is 32.4 Å². The summed E-state index contributed by atoms with van der Waals surface area (Å²) in [5.74, 6) is 0.223. The molecule has 1 aromatic carbocycles. The van der Waals surface area contributed by atoms with Crippen molar-refractivity contribution in [2.75, 3.05) is 6.54 Å². The molecule has 2 amide bonds. The maximum Gasteiger partial charge on any atom is 0.273 e. The van der Waals surface area contributed by atoms with Crippen molar-refractivity contribution in [2.24, 2.45) is 0 Å². The van der Waals surface area contributed by atoms with Crippen molar-refractivity contribution in [3.05, 3.63) is 53.4 Å². The second-order valence-electron chi connectivity index (χ2n) is 5.57. The Kier molecular flexibility index (Phi) is 4.41. The minimum absolute atomic E-state index is 0.0240. The van der Waals surface area contributed by atoms with E-state index in [1.165, 1.54) is 0 Å². The Morgan fingerprint density at radius 2 is 2.04 bits per heavy atom. The largest absolute Gasteiger partial charge is 0.359 e. The van der Waals surface area contributed by atoms with Crippen LogP contribution in [0.3, 0.4) is 0 Å². The van der Waals surface area contributed by atoms with Crippen LogP contribution >= 0.6 is 0 Å². The molecule has 1 fully saturated rings. The van der Waals surface area contributed by atoms with Gasteiger partial charge in [0.2, 0.25) is 0 Å². The fraction of sp³-hybridized carbons (Fsp3) is 0.353. The van der Waals surface area contributed by atoms with Crippen molar-refractivity contribution in [1.29, 1.82) is 0 Å². The number of nitrogens with one attached hydrogen (secondary N) is 1. The molecule has 2 aromatic rings. The predicted molar refractivity (Wildman–Crippen MR) is 83.8 cm³/mol. The molecule has 0 unspecified atom stereocenters. The van der Waals surface area contributed by atoms with Crippen LogP contribution in [0.25, 0.3) is 0 Å². The molecule has 6 nitrogen and oxygen atoms in total. The van der Waals surface area contributed by atoms with E-state index >= 15 is 0 Å². The summed E-state index contributed by atoms with van der Waals surface area (Å²) in [7, 11) is 0. The maximum absolute atomic E-state index is 12.7. The van der Waals surface area contributed by atoms with Gasteiger partial charge in [0.25, 0.3) is 11.8 Å². The van der Waals surface area contributed by atoms with Gasteiger partial charge < -0.3 is 14.7 Å². The van der Waals surface area contributed by atoms with Gasteiger partial charge in [0.15, 0.2) is 11.5 Å². The molecule has 0 bridgehead atoms. The van der Waals surface area contributed by atoms with E-state index in [9.17, 15) is 9.59 Å². The SMILES string of the molecule is CCNC(=O)c1cc(CN(C(=O)c2ccccc2)C2CC2)on1. The lowest BCUT2D eigenvalue weighted by Gasteiger charge is -2.21. The summed E-state index contributed by atoms with van der Waals surface area (Å²) in [6, 6.07) is 11.0. The lowest BCUT2D eigenvalue weighted by molar-refractivity contribution is 0.0712. The molecule has 0 aliphatic heterocycles. The molecule has 1 aromatic heterocycles. The van der Waals surface area contributed by atoms with Gasteiger partial charge in [-0.2, -0.15) is 0 Å². The van der Waals surface area contributed by atoms with Gasteiger partial charge in [0, 0.05) is 24.2 Å². The van der Waals surface area contributed by atoms with Crippen LogP contribution < -0.4 is 5.32 Å². The second kappa shape index (κ2) is 6.64. The molecule has 0 atom stereocenters. The number of hydrogen-bond acceptors (Lipinski definition) is 4. The normalized spacial score (nSPS) is 13.6. The molecule has 0 spiro atoms. The Hall–Kier alpha value is -2.63. The standard InChI is InChI=1S/C17H19N3O3/c1-2-18-16(21)15-10-14(23-19-15)11-20(13-8-9-13)17(22)12-6-4-3-5-7-12/h3-7,10,13H,2,8-9,11H2,1H3,(H,18,21). The van der Waals surface area contributed by atoms with Crippen LogP contribution in [-0.4, -0.2) is 34.5 Å². The maximum atomic E-state index is 12.7. The summed E-state index contributed by atoms with van der Waals surface area (Å²) in [6.07, 6.45) is 1.99. The summed E-state index contributed by atoms with van der Waals surface area (Å²) in [4.78, 5) is 26.2. The van der Waals surface area contributed by atoms with Crippen LogP contribution in [0, 0.1) is 0 Å². The minimum Gasteiger partial charge on any atom is -0.359 e. The fourth-order valence-corrected chi connectivity index (χ4v) is 2.41. The third-order valence-electron chi connectivity index (χ3n) is 3.72. The molecule has 1 aliphatic rings. The molecular weight excluding hydrogens is 294 g/mol. The molecule has 120 valence electrons. The number of aromatic nitrogens is 1. The van der Waals surface area contributed by atoms with Crippen molar-refractivity contribution >= 4 is 11.8 Å². The summed E-state index contributed by atoms with van der Waals surface area (Å²) < 4.78 is 5.22. The Bertz CT molecular complexity index is 692. The van der Waals surface area contributed by atoms with Crippen LogP contribution in [0.5, 0.6) is 0 Å². The average Bonchev–Trinajstić information content (AvgIpc) is 3.31. The second-order valence-corrected chi connectivity index (χ2v) is 5.57. The number of hydrogen-bond donors (Lipinski definition) is 1. The van der Waals surface area contributed by atoms with Crippen molar-refractivity contribution in [3.63, 3.8) is 0 Å². The number of rotatable bonds is 6. The molecule has 1 saturated carbocycles. The van der Waals surface area contributed by atoms with E-state index in [0.29, 0.717) is 24.4 Å². The number of nitrogens with zero attached hydrogens (tertiary/aromatic N) is 2. The number of amides is 2. The van der Waals surface area contributed by atoms with Gasteiger partial charge in [0.05, 0.1) is 6.54 Å². The zero-order valence-corrected chi connectivity index (χ0v) is 13.0. The third-order valence-corrected chi connectivity index (χ3v) is 3.72. The molecule has 23 heavy (non-hydrogen) atoms. The van der Waals surface area contributed by atoms with Crippen LogP contribution in [0.15, 0.2) is 40.9 Å². The van der Waals surface area contributed by atoms with E-state index in [2.05, 4.69) is 10.5 Å². The van der Waals surface area contributed by atoms with Crippen molar-refractivity contribution in [1.82, 2.24) is 15.4 Å². The van der Waals surface area contributed by atoms with E-state index in [-0.39, 0.29) is 23.6 Å². The zero-order chi connectivity index (χ0) is 16.2. The fourth-order valence-electron chi connectivity index (χ4n) is 2.41. The first-order valence-electron chi connectivity index (χ1n) is 7.79. The molecule has 3 rings (SSSR count). The Balaban J connectivity index is 1.73. The van der Waals surface area contributed by atoms with Crippen molar-refractivity contribution in [3.8, 4) is 0 Å². The Morgan fingerprint density at radius 3 is 2.70 bits per heavy atom. The molecule has 6 heteroatoms. The summed E-state index contributed by atoms with van der Waals surface area (Å²) in [6.45, 7) is 2.69. The lowest BCUT2D eigenvalue weighted by atomic mass is 10.2. The first-order valence-corrected chi connectivity index (χ1v) is 7.79. The molecule has 0 radical (unpaired) electrons. The summed E-state index contributed by atoms with van der Waals surface area (Å²) in [5.41, 5.74) is 0.896. The highest BCUT2D eigenvalue weighted by atomic mass is 16.5. The minimum atomic E-state index is -0.269. The number of carbonyl (C=O) groups excluding carboxylic acids is 2. The topological polar surface area (TPSA) is 75.4 Å². The predicted octanol–water partition coefficient (Wildman–Crippen LogP) is 2.23. The average molecular weight is 313 g/mol. The van der Waals surface area contributed by atoms with E-state index < -0.39 is 0 Å². The monoisotopic (exact) mass is 313 g/mol. The van der Waals surface area contributed by atoms with E-state index in [0.717, 1.165) is 12.8 Å². The Morgan fingerprint density at radius 1 is 1.30 bits per heavy atom. The molecule has 1 heterocycles. The zero-order valence-electron chi connectivity index (χ0n) is 13.0. The van der Waals surface area contributed by atoms with Gasteiger partial charge in [-0.15, -0.1) is 0 Å². The van der Waals surface area contributed by atoms with Gasteiger partial charge >= 0.3 is 0 Å². The van der Waals surface area contributed by atoms with Gasteiger partial charge in [-0.25, -0.2) is 0 Å². The van der Waals surface area contributed by atoms with Gasteiger partial charge in [-0.05, 0) is 31.9 Å². The first kappa shape index (κ1) is 15.3. The highest BCUT2D eigenvalue weighted by Gasteiger charge is 2.34. The molecule has 1 N–H and O–H groups in total. The van der Waals surface area contributed by atoms with Gasteiger partial charge in [-0.3, -0.25) is 9.59 Å². The number of benzene rings is 1. The summed E-state index contributed by atoms with van der Waals surface area (Å²) in [5, 5.41) is 6.44. The molecule has 0 saturated heterocycles. The quantitative estimate of drug-likeness (QED) is 0.887. The van der Waals surface area contributed by atoms with Crippen LogP contribution in [0.4, 0.5) is 0 Å². The van der Waals surface area contributed by atoms with E-state index in [4.69, 9.17) is 4.52 Å². The van der Waals surface area contributed by atoms with Crippen LogP contribution in [0.2, 0.25) is 0 Å². The van der Waals surface area contributed by atoms with Crippen LogP contribution in [-0.2, 0) is 6.54 Å². The van der Waals surface area contributed by atoms with Crippen molar-refractivity contribution < 1.29 is 14.1 Å². The lowest BCUT2D eigenvalue weighted by Crippen LogP contribution is -2.32. The van der Waals surface area contributed by atoms with Gasteiger partial charge in [0.1, 0.15) is 0 Å². The van der Waals surface area contributed by atoms with E-state index in [1.807, 2.05) is 25.1 Å². The number of carbonyl (C=O) groups is 2. The highest BCUT2D eigenvalue weighted by Crippen LogP contribution is 2.30. The summed E-state index contributed by atoms with van der Waals surface area (Å²) >= 11 is 0. The van der Waals surface area contributed by atoms with Gasteiger partial charge in [-0.1, -0.05) is 23.4 Å². The Labute approximate surface area is 134 Å². The van der Waals surface area contributed by atoms with E-state index in [1.54, 1.807) is 23.1 Å².